The maximum atomic E-state index is 5.65. The summed E-state index contributed by atoms with van der Waals surface area (Å²) in [6.07, 6.45) is 2.06. The monoisotopic (exact) mass is 388 g/mol. The molecule has 2 aliphatic rings. The molecule has 156 valence electrons. The molecule has 2 N–H and O–H groups in total. The third-order valence-corrected chi connectivity index (χ3v) is 6.21. The number of ether oxygens (including phenoxy) is 2. The molecule has 0 amide bonds. The van der Waals surface area contributed by atoms with Gasteiger partial charge in [-0.15, -0.1) is 0 Å². The van der Waals surface area contributed by atoms with E-state index in [9.17, 15) is 0 Å². The molecule has 0 atom stereocenters. The molecular weight excluding hydrogens is 352 g/mol. The van der Waals surface area contributed by atoms with Crippen molar-refractivity contribution in [3.63, 3.8) is 0 Å². The molecule has 2 heterocycles. The molecule has 1 aromatic carbocycles. The van der Waals surface area contributed by atoms with Crippen LogP contribution in [0.15, 0.2) is 35.3 Å². The van der Waals surface area contributed by atoms with E-state index in [0.29, 0.717) is 0 Å². The first-order valence-electron chi connectivity index (χ1n) is 10.5. The lowest BCUT2D eigenvalue weighted by atomic mass is 9.74. The second kappa shape index (κ2) is 9.72. The van der Waals surface area contributed by atoms with Crippen molar-refractivity contribution in [1.82, 2.24) is 15.5 Å². The van der Waals surface area contributed by atoms with Crippen molar-refractivity contribution in [3.05, 3.63) is 35.9 Å². The lowest BCUT2D eigenvalue weighted by molar-refractivity contribution is -0.00835. The van der Waals surface area contributed by atoms with Gasteiger partial charge in [0.05, 0.1) is 13.2 Å². The number of aliphatic imine (C=N–C) groups is 1. The summed E-state index contributed by atoms with van der Waals surface area (Å²) in [5.74, 6) is 0.864. The first kappa shape index (κ1) is 21.1. The molecule has 1 aromatic rings. The lowest BCUT2D eigenvalue weighted by Crippen LogP contribution is -2.57. The van der Waals surface area contributed by atoms with E-state index in [-0.39, 0.29) is 11.0 Å². The topological polar surface area (TPSA) is 58.1 Å². The quantitative estimate of drug-likeness (QED) is 0.577. The number of hydrogen-bond donors (Lipinski definition) is 2. The fraction of sp³-hybridized carbons (Fsp3) is 0.682. The highest BCUT2D eigenvalue weighted by Gasteiger charge is 2.35. The van der Waals surface area contributed by atoms with Gasteiger partial charge in [0.2, 0.25) is 0 Å². The van der Waals surface area contributed by atoms with Gasteiger partial charge in [0.15, 0.2) is 5.96 Å². The van der Waals surface area contributed by atoms with E-state index in [2.05, 4.69) is 64.7 Å². The summed E-state index contributed by atoms with van der Waals surface area (Å²) >= 11 is 0. The highest BCUT2D eigenvalue weighted by Crippen LogP contribution is 2.34. The van der Waals surface area contributed by atoms with E-state index in [0.717, 1.165) is 71.4 Å². The van der Waals surface area contributed by atoms with Crippen molar-refractivity contribution in [2.75, 3.05) is 59.7 Å². The van der Waals surface area contributed by atoms with Crippen LogP contribution in [-0.2, 0) is 14.9 Å². The van der Waals surface area contributed by atoms with Gasteiger partial charge in [-0.05, 0) is 32.3 Å². The van der Waals surface area contributed by atoms with Gasteiger partial charge in [-0.25, -0.2) is 0 Å². The van der Waals surface area contributed by atoms with Gasteiger partial charge < -0.3 is 20.1 Å². The molecule has 0 bridgehead atoms. The Balaban J connectivity index is 1.59. The first-order valence-corrected chi connectivity index (χ1v) is 10.5. The fourth-order valence-electron chi connectivity index (χ4n) is 4.18. The largest absolute Gasteiger partial charge is 0.381 e. The maximum Gasteiger partial charge on any atom is 0.191 e. The van der Waals surface area contributed by atoms with E-state index in [1.54, 1.807) is 0 Å². The second-order valence-electron chi connectivity index (χ2n) is 8.45. The number of hydrogen-bond acceptors (Lipinski definition) is 4. The zero-order valence-electron chi connectivity index (χ0n) is 17.7. The Morgan fingerprint density at radius 1 is 1.04 bits per heavy atom. The molecule has 0 aromatic heterocycles. The maximum absolute atomic E-state index is 5.65. The Morgan fingerprint density at radius 2 is 1.68 bits per heavy atom. The summed E-state index contributed by atoms with van der Waals surface area (Å²) in [5, 5.41) is 7.13. The second-order valence-corrected chi connectivity index (χ2v) is 8.45. The summed E-state index contributed by atoms with van der Waals surface area (Å²) in [6, 6.07) is 10.8. The first-order chi connectivity index (χ1) is 13.6. The number of nitrogens with one attached hydrogen (secondary N) is 2. The molecule has 0 radical (unpaired) electrons. The van der Waals surface area contributed by atoms with Crippen LogP contribution < -0.4 is 10.6 Å². The summed E-state index contributed by atoms with van der Waals surface area (Å²) < 4.78 is 11.1. The molecule has 0 spiro atoms. The summed E-state index contributed by atoms with van der Waals surface area (Å²) in [5.41, 5.74) is 1.53. The molecule has 0 aliphatic carbocycles. The Bertz CT molecular complexity index is 621. The van der Waals surface area contributed by atoms with E-state index in [1.165, 1.54) is 5.56 Å². The van der Waals surface area contributed by atoms with Crippen molar-refractivity contribution >= 4 is 5.96 Å². The van der Waals surface area contributed by atoms with Crippen LogP contribution in [0.2, 0.25) is 0 Å². The Labute approximate surface area is 169 Å². The van der Waals surface area contributed by atoms with Crippen LogP contribution in [0.3, 0.4) is 0 Å². The average molecular weight is 389 g/mol. The van der Waals surface area contributed by atoms with Crippen molar-refractivity contribution in [2.24, 2.45) is 4.99 Å². The van der Waals surface area contributed by atoms with E-state index >= 15 is 0 Å². The fourth-order valence-corrected chi connectivity index (χ4v) is 4.18. The standard InChI is InChI=1S/C22H36N4O2/c1-21(2,26-11-15-28-16-12-26)17-24-20(23-3)25-18-22(9-13-27-14-10-22)19-7-5-4-6-8-19/h4-8H,9-18H2,1-3H3,(H2,23,24,25). The van der Waals surface area contributed by atoms with Crippen molar-refractivity contribution in [3.8, 4) is 0 Å². The van der Waals surface area contributed by atoms with Gasteiger partial charge in [0.25, 0.3) is 0 Å². The predicted octanol–water partition coefficient (Wildman–Crippen LogP) is 2.01. The number of nitrogens with zero attached hydrogens (tertiary/aromatic N) is 2. The number of guanidine groups is 1. The smallest absolute Gasteiger partial charge is 0.191 e. The molecule has 3 rings (SSSR count). The summed E-state index contributed by atoms with van der Waals surface area (Å²) in [6.45, 7) is 11.5. The van der Waals surface area contributed by atoms with Crippen molar-refractivity contribution in [2.45, 2.75) is 37.6 Å². The van der Waals surface area contributed by atoms with Crippen LogP contribution in [0.1, 0.15) is 32.3 Å². The van der Waals surface area contributed by atoms with Crippen molar-refractivity contribution in [1.29, 1.82) is 0 Å². The van der Waals surface area contributed by atoms with Crippen LogP contribution in [0, 0.1) is 0 Å². The van der Waals surface area contributed by atoms with Crippen LogP contribution in [0.5, 0.6) is 0 Å². The van der Waals surface area contributed by atoms with Gasteiger partial charge in [-0.2, -0.15) is 0 Å². The van der Waals surface area contributed by atoms with Gasteiger partial charge in [0, 0.05) is 57.4 Å². The lowest BCUT2D eigenvalue weighted by Gasteiger charge is -2.41. The highest BCUT2D eigenvalue weighted by atomic mass is 16.5. The normalized spacial score (nSPS) is 21.3. The van der Waals surface area contributed by atoms with E-state index in [4.69, 9.17) is 9.47 Å². The highest BCUT2D eigenvalue weighted by molar-refractivity contribution is 5.79. The zero-order valence-corrected chi connectivity index (χ0v) is 17.7. The predicted molar refractivity (Wildman–Crippen MR) is 114 cm³/mol. The minimum Gasteiger partial charge on any atom is -0.381 e. The third kappa shape index (κ3) is 5.25. The molecule has 28 heavy (non-hydrogen) atoms. The number of rotatable bonds is 6. The SMILES string of the molecule is CN=C(NCC1(c2ccccc2)CCOCC1)NCC(C)(C)N1CCOCC1. The molecule has 2 aliphatic heterocycles. The summed E-state index contributed by atoms with van der Waals surface area (Å²) in [4.78, 5) is 6.95. The number of benzene rings is 1. The zero-order chi connectivity index (χ0) is 19.9. The minimum absolute atomic E-state index is 0.0528. The van der Waals surface area contributed by atoms with Crippen LogP contribution in [-0.4, -0.2) is 76.1 Å². The molecular formula is C22H36N4O2. The Morgan fingerprint density at radius 3 is 2.32 bits per heavy atom. The number of morpholine rings is 1. The van der Waals surface area contributed by atoms with Gasteiger partial charge in [-0.3, -0.25) is 9.89 Å². The molecule has 0 saturated carbocycles. The van der Waals surface area contributed by atoms with Crippen molar-refractivity contribution < 1.29 is 9.47 Å². The Kier molecular flexibility index (Phi) is 7.32. The molecule has 6 heteroatoms. The van der Waals surface area contributed by atoms with Crippen LogP contribution in [0.25, 0.3) is 0 Å². The van der Waals surface area contributed by atoms with Crippen LogP contribution >= 0.6 is 0 Å². The molecule has 2 fully saturated rings. The molecule has 0 unspecified atom stereocenters. The van der Waals surface area contributed by atoms with Gasteiger partial charge in [-0.1, -0.05) is 30.3 Å². The minimum atomic E-state index is 0.0528. The summed E-state index contributed by atoms with van der Waals surface area (Å²) in [7, 11) is 1.84. The van der Waals surface area contributed by atoms with Gasteiger partial charge in [0.1, 0.15) is 0 Å². The molecule has 2 saturated heterocycles. The van der Waals surface area contributed by atoms with Crippen LogP contribution in [0.4, 0.5) is 0 Å². The average Bonchev–Trinajstić information content (AvgIpc) is 2.76. The van der Waals surface area contributed by atoms with E-state index < -0.39 is 0 Å². The van der Waals surface area contributed by atoms with E-state index in [1.807, 2.05) is 7.05 Å². The molecule has 6 nitrogen and oxygen atoms in total. The Hall–Kier alpha value is -1.63. The third-order valence-electron chi connectivity index (χ3n) is 6.21. The van der Waals surface area contributed by atoms with Gasteiger partial charge >= 0.3 is 0 Å².